The fourth-order valence-electron chi connectivity index (χ4n) is 2.08. The summed E-state index contributed by atoms with van der Waals surface area (Å²) in [6.07, 6.45) is 5.24. The van der Waals surface area contributed by atoms with E-state index in [1.807, 2.05) is 0 Å². The number of nitrogens with one attached hydrogen (secondary N) is 1. The molecule has 22 heavy (non-hydrogen) atoms. The van der Waals surface area contributed by atoms with Gasteiger partial charge in [0.25, 0.3) is 5.91 Å². The van der Waals surface area contributed by atoms with Gasteiger partial charge in [-0.3, -0.25) is 4.79 Å². The number of anilines is 1. The Morgan fingerprint density at radius 2 is 1.86 bits per heavy atom. The second kappa shape index (κ2) is 5.93. The van der Waals surface area contributed by atoms with E-state index < -0.39 is 5.97 Å². The summed E-state index contributed by atoms with van der Waals surface area (Å²) < 4.78 is 4.70. The third-order valence-corrected chi connectivity index (χ3v) is 3.46. The molecule has 1 amide bonds. The Morgan fingerprint density at radius 3 is 2.50 bits per heavy atom. The van der Waals surface area contributed by atoms with Gasteiger partial charge in [0.1, 0.15) is 5.82 Å². The Balaban J connectivity index is 1.77. The van der Waals surface area contributed by atoms with Crippen LogP contribution >= 0.6 is 0 Å². The zero-order valence-corrected chi connectivity index (χ0v) is 12.1. The summed E-state index contributed by atoms with van der Waals surface area (Å²) in [5, 5.41) is 2.69. The number of hydrogen-bond donors (Lipinski definition) is 1. The highest BCUT2D eigenvalue weighted by molar-refractivity contribution is 6.07. The van der Waals surface area contributed by atoms with E-state index in [4.69, 9.17) is 4.74 Å². The van der Waals surface area contributed by atoms with Gasteiger partial charge < -0.3 is 10.1 Å². The number of carbonyl (C=O) groups is 2. The number of ether oxygens (including phenoxy) is 1. The molecule has 1 fully saturated rings. The van der Waals surface area contributed by atoms with Crippen molar-refractivity contribution < 1.29 is 14.3 Å². The van der Waals surface area contributed by atoms with E-state index in [0.717, 1.165) is 18.7 Å². The summed E-state index contributed by atoms with van der Waals surface area (Å²) in [6, 6.07) is 6.67. The van der Waals surface area contributed by atoms with E-state index in [1.54, 1.807) is 24.3 Å². The van der Waals surface area contributed by atoms with Crippen LogP contribution in [0, 0.1) is 0 Å². The van der Waals surface area contributed by atoms with Crippen LogP contribution in [0.1, 0.15) is 45.3 Å². The molecule has 2 aromatic rings. The highest BCUT2D eigenvalue weighted by Crippen LogP contribution is 2.37. The summed E-state index contributed by atoms with van der Waals surface area (Å²) >= 11 is 0. The predicted molar refractivity (Wildman–Crippen MR) is 79.7 cm³/mol. The maximum absolute atomic E-state index is 12.2. The number of rotatable bonds is 4. The Kier molecular flexibility index (Phi) is 3.82. The minimum Gasteiger partial charge on any atom is -0.465 e. The smallest absolute Gasteiger partial charge is 0.339 e. The first-order valence-corrected chi connectivity index (χ1v) is 6.99. The fraction of sp³-hybridized carbons (Fsp3) is 0.250. The summed E-state index contributed by atoms with van der Waals surface area (Å²) in [5.41, 5.74) is 1.04. The van der Waals surface area contributed by atoms with Crippen LogP contribution in [0.25, 0.3) is 0 Å². The molecule has 0 bridgehead atoms. The lowest BCUT2D eigenvalue weighted by molar-refractivity contribution is 0.0602. The SMILES string of the molecule is COC(=O)c1ccccc1NC(=O)c1cnc(C2CC2)nc1. The van der Waals surface area contributed by atoms with Gasteiger partial charge in [-0.1, -0.05) is 12.1 Å². The topological polar surface area (TPSA) is 81.2 Å². The number of carbonyl (C=O) groups excluding carboxylic acids is 2. The number of methoxy groups -OCH3 is 1. The van der Waals surface area contributed by atoms with Crippen molar-refractivity contribution in [1.29, 1.82) is 0 Å². The number of nitrogens with zero attached hydrogens (tertiary/aromatic N) is 2. The third kappa shape index (κ3) is 2.95. The molecule has 6 nitrogen and oxygen atoms in total. The van der Waals surface area contributed by atoms with Gasteiger partial charge in [-0.25, -0.2) is 14.8 Å². The third-order valence-electron chi connectivity index (χ3n) is 3.46. The molecule has 0 radical (unpaired) electrons. The summed E-state index contributed by atoms with van der Waals surface area (Å²) in [7, 11) is 1.30. The number of benzene rings is 1. The average Bonchev–Trinajstić information content (AvgIpc) is 3.40. The van der Waals surface area contributed by atoms with Crippen LogP contribution < -0.4 is 5.32 Å². The number of esters is 1. The van der Waals surface area contributed by atoms with Gasteiger partial charge in [-0.05, 0) is 25.0 Å². The predicted octanol–water partition coefficient (Wildman–Crippen LogP) is 2.39. The molecule has 1 aromatic carbocycles. The minimum absolute atomic E-state index is 0.300. The fourth-order valence-corrected chi connectivity index (χ4v) is 2.08. The van der Waals surface area contributed by atoms with E-state index in [1.165, 1.54) is 19.5 Å². The Morgan fingerprint density at radius 1 is 1.18 bits per heavy atom. The van der Waals surface area contributed by atoms with Crippen molar-refractivity contribution in [3.63, 3.8) is 0 Å². The molecule has 0 atom stereocenters. The van der Waals surface area contributed by atoms with E-state index >= 15 is 0 Å². The molecule has 0 aliphatic heterocycles. The second-order valence-corrected chi connectivity index (χ2v) is 5.10. The van der Waals surface area contributed by atoms with Gasteiger partial charge in [-0.2, -0.15) is 0 Å². The van der Waals surface area contributed by atoms with Gasteiger partial charge in [0.05, 0.1) is 23.9 Å². The Hall–Kier alpha value is -2.76. The lowest BCUT2D eigenvalue weighted by atomic mass is 10.1. The molecule has 1 heterocycles. The largest absolute Gasteiger partial charge is 0.465 e. The number of para-hydroxylation sites is 1. The van der Waals surface area contributed by atoms with Crippen molar-refractivity contribution >= 4 is 17.6 Å². The van der Waals surface area contributed by atoms with Crippen molar-refractivity contribution in [2.45, 2.75) is 18.8 Å². The quantitative estimate of drug-likeness (QED) is 0.876. The van der Waals surface area contributed by atoms with Crippen LogP contribution in [0.5, 0.6) is 0 Å². The van der Waals surface area contributed by atoms with Crippen LogP contribution in [0.3, 0.4) is 0 Å². The molecule has 1 aliphatic rings. The van der Waals surface area contributed by atoms with Gasteiger partial charge in [0, 0.05) is 18.3 Å². The van der Waals surface area contributed by atoms with Gasteiger partial charge in [-0.15, -0.1) is 0 Å². The molecule has 0 spiro atoms. The molecule has 1 aromatic heterocycles. The summed E-state index contributed by atoms with van der Waals surface area (Å²) in [4.78, 5) is 32.3. The molecule has 6 heteroatoms. The van der Waals surface area contributed by atoms with Crippen molar-refractivity contribution in [3.05, 3.63) is 53.6 Å². The Labute approximate surface area is 127 Å². The standard InChI is InChI=1S/C16H15N3O3/c1-22-16(21)12-4-2-3-5-13(12)19-15(20)11-8-17-14(18-9-11)10-6-7-10/h2-5,8-10H,6-7H2,1H3,(H,19,20). The minimum atomic E-state index is -0.503. The van der Waals surface area contributed by atoms with E-state index in [2.05, 4.69) is 15.3 Å². The first-order valence-electron chi connectivity index (χ1n) is 6.99. The maximum Gasteiger partial charge on any atom is 0.339 e. The van der Waals surface area contributed by atoms with Crippen molar-refractivity contribution in [3.8, 4) is 0 Å². The highest BCUT2D eigenvalue weighted by atomic mass is 16.5. The molecule has 1 N–H and O–H groups in total. The first kappa shape index (κ1) is 14.2. The number of amides is 1. The molecule has 1 saturated carbocycles. The van der Waals surface area contributed by atoms with Crippen LogP contribution in [-0.4, -0.2) is 29.0 Å². The monoisotopic (exact) mass is 297 g/mol. The van der Waals surface area contributed by atoms with Gasteiger partial charge in [0.2, 0.25) is 0 Å². The van der Waals surface area contributed by atoms with Crippen molar-refractivity contribution in [1.82, 2.24) is 9.97 Å². The van der Waals surface area contributed by atoms with Gasteiger partial charge >= 0.3 is 5.97 Å². The molecule has 0 saturated heterocycles. The van der Waals surface area contributed by atoms with E-state index in [0.29, 0.717) is 22.7 Å². The summed E-state index contributed by atoms with van der Waals surface area (Å²) in [5.74, 6) is 0.360. The first-order chi connectivity index (χ1) is 10.7. The average molecular weight is 297 g/mol. The van der Waals surface area contributed by atoms with Crippen LogP contribution in [0.2, 0.25) is 0 Å². The molecule has 1 aliphatic carbocycles. The molecule has 0 unspecified atom stereocenters. The molecular formula is C16H15N3O3. The maximum atomic E-state index is 12.2. The van der Waals surface area contributed by atoms with Crippen LogP contribution in [-0.2, 0) is 4.74 Å². The zero-order chi connectivity index (χ0) is 15.5. The molecular weight excluding hydrogens is 282 g/mol. The highest BCUT2D eigenvalue weighted by Gasteiger charge is 2.26. The number of hydrogen-bond acceptors (Lipinski definition) is 5. The van der Waals surface area contributed by atoms with Gasteiger partial charge in [0.15, 0.2) is 0 Å². The van der Waals surface area contributed by atoms with E-state index in [-0.39, 0.29) is 5.91 Å². The normalized spacial score (nSPS) is 13.5. The van der Waals surface area contributed by atoms with Crippen molar-refractivity contribution in [2.75, 3.05) is 12.4 Å². The summed E-state index contributed by atoms with van der Waals surface area (Å²) in [6.45, 7) is 0. The second-order valence-electron chi connectivity index (χ2n) is 5.10. The van der Waals surface area contributed by atoms with E-state index in [9.17, 15) is 9.59 Å². The lowest BCUT2D eigenvalue weighted by Crippen LogP contribution is -2.16. The van der Waals surface area contributed by atoms with Crippen molar-refractivity contribution in [2.24, 2.45) is 0 Å². The molecule has 112 valence electrons. The zero-order valence-electron chi connectivity index (χ0n) is 12.1. The molecule has 3 rings (SSSR count). The number of aromatic nitrogens is 2. The lowest BCUT2D eigenvalue weighted by Gasteiger charge is -2.09. The van der Waals surface area contributed by atoms with Crippen LogP contribution in [0.15, 0.2) is 36.7 Å². The Bertz CT molecular complexity index is 709. The van der Waals surface area contributed by atoms with Crippen LogP contribution in [0.4, 0.5) is 5.69 Å².